The van der Waals surface area contributed by atoms with E-state index in [4.69, 9.17) is 14.2 Å². The highest BCUT2D eigenvalue weighted by molar-refractivity contribution is 7.12. The molecule has 2 heterocycles. The van der Waals surface area contributed by atoms with Crippen LogP contribution in [0.5, 0.6) is 11.5 Å². The second-order valence-electron chi connectivity index (χ2n) is 6.12. The van der Waals surface area contributed by atoms with Crippen molar-refractivity contribution in [1.82, 2.24) is 10.3 Å². The van der Waals surface area contributed by atoms with Gasteiger partial charge in [0.1, 0.15) is 6.61 Å². The number of morpholine rings is 1. The number of hydrogen-bond donors (Lipinski definition) is 1. The van der Waals surface area contributed by atoms with Gasteiger partial charge in [0.2, 0.25) is 0 Å². The van der Waals surface area contributed by atoms with E-state index < -0.39 is 0 Å². The molecule has 0 radical (unpaired) electrons. The number of nitrogens with zero attached hydrogens (tertiary/aromatic N) is 2. The van der Waals surface area contributed by atoms with Crippen molar-refractivity contribution in [3.05, 3.63) is 46.2 Å². The van der Waals surface area contributed by atoms with Gasteiger partial charge >= 0.3 is 0 Å². The first-order valence-corrected chi connectivity index (χ1v) is 10.2. The zero-order chi connectivity index (χ0) is 19.6. The first-order valence-electron chi connectivity index (χ1n) is 9.33. The van der Waals surface area contributed by atoms with Crippen molar-refractivity contribution in [3.8, 4) is 11.5 Å². The van der Waals surface area contributed by atoms with Crippen LogP contribution in [-0.4, -0.2) is 63.1 Å². The van der Waals surface area contributed by atoms with Gasteiger partial charge in [-0.25, -0.2) is 5.43 Å². The predicted molar refractivity (Wildman–Crippen MR) is 110 cm³/mol. The van der Waals surface area contributed by atoms with Gasteiger partial charge in [-0.3, -0.25) is 9.69 Å². The molecule has 1 fully saturated rings. The van der Waals surface area contributed by atoms with E-state index in [-0.39, 0.29) is 5.91 Å². The summed E-state index contributed by atoms with van der Waals surface area (Å²) in [7, 11) is 0. The fraction of sp³-hybridized carbons (Fsp3) is 0.400. The minimum Gasteiger partial charge on any atom is -0.490 e. The third-order valence-corrected chi connectivity index (χ3v) is 5.03. The Balaban J connectivity index is 1.55. The van der Waals surface area contributed by atoms with Gasteiger partial charge in [-0.15, -0.1) is 11.3 Å². The van der Waals surface area contributed by atoms with Gasteiger partial charge in [-0.2, -0.15) is 5.10 Å². The minimum absolute atomic E-state index is 0.223. The molecule has 1 N–H and O–H groups in total. The Morgan fingerprint density at radius 1 is 1.29 bits per heavy atom. The summed E-state index contributed by atoms with van der Waals surface area (Å²) in [5.41, 5.74) is 3.34. The van der Waals surface area contributed by atoms with Crippen molar-refractivity contribution < 1.29 is 19.0 Å². The lowest BCUT2D eigenvalue weighted by atomic mass is 10.2. The molecule has 3 rings (SSSR count). The lowest BCUT2D eigenvalue weighted by Gasteiger charge is -2.26. The van der Waals surface area contributed by atoms with Gasteiger partial charge in [0, 0.05) is 19.6 Å². The normalized spacial score (nSPS) is 14.9. The number of amides is 1. The van der Waals surface area contributed by atoms with Crippen LogP contribution in [0.1, 0.15) is 22.2 Å². The van der Waals surface area contributed by atoms with E-state index >= 15 is 0 Å². The molecule has 28 heavy (non-hydrogen) atoms. The second-order valence-corrected chi connectivity index (χ2v) is 7.07. The Bertz CT molecular complexity index is 774. The van der Waals surface area contributed by atoms with Crippen LogP contribution in [0.2, 0.25) is 0 Å². The molecule has 1 amide bonds. The number of carbonyl (C=O) groups excluding carboxylic acids is 1. The molecule has 150 valence electrons. The first-order chi connectivity index (χ1) is 13.8. The summed E-state index contributed by atoms with van der Waals surface area (Å²) in [5, 5.41) is 5.87. The molecule has 0 unspecified atom stereocenters. The zero-order valence-electron chi connectivity index (χ0n) is 15.9. The lowest BCUT2D eigenvalue weighted by molar-refractivity contribution is 0.0321. The van der Waals surface area contributed by atoms with E-state index in [0.717, 1.165) is 38.4 Å². The number of rotatable bonds is 9. The van der Waals surface area contributed by atoms with Gasteiger partial charge in [0.25, 0.3) is 5.91 Å². The van der Waals surface area contributed by atoms with Gasteiger partial charge in [-0.05, 0) is 42.1 Å². The highest BCUT2D eigenvalue weighted by Gasteiger charge is 2.11. The largest absolute Gasteiger partial charge is 0.490 e. The van der Waals surface area contributed by atoms with E-state index in [1.165, 1.54) is 11.3 Å². The van der Waals surface area contributed by atoms with Crippen LogP contribution in [0.15, 0.2) is 40.8 Å². The third kappa shape index (κ3) is 6.05. The van der Waals surface area contributed by atoms with Crippen LogP contribution in [0, 0.1) is 0 Å². The SMILES string of the molecule is CCOc1cc(/C=N\NC(=O)c2cccs2)ccc1OCCN1CCOCC1. The van der Waals surface area contributed by atoms with Crippen molar-refractivity contribution >= 4 is 23.5 Å². The summed E-state index contributed by atoms with van der Waals surface area (Å²) < 4.78 is 17.0. The molecule has 8 heteroatoms. The van der Waals surface area contributed by atoms with Crippen molar-refractivity contribution in [1.29, 1.82) is 0 Å². The van der Waals surface area contributed by atoms with Crippen LogP contribution >= 0.6 is 11.3 Å². The average Bonchev–Trinajstić information content (AvgIpc) is 3.25. The van der Waals surface area contributed by atoms with E-state index in [1.807, 2.05) is 36.6 Å². The molecule has 0 bridgehead atoms. The lowest BCUT2D eigenvalue weighted by Crippen LogP contribution is -2.38. The van der Waals surface area contributed by atoms with E-state index in [9.17, 15) is 4.79 Å². The third-order valence-electron chi connectivity index (χ3n) is 4.16. The number of benzene rings is 1. The fourth-order valence-corrected chi connectivity index (χ4v) is 3.34. The molecule has 1 saturated heterocycles. The maximum Gasteiger partial charge on any atom is 0.281 e. The standard InChI is InChI=1S/C20H25N3O4S/c1-2-26-18-14-16(15-21-22-20(24)19-4-3-13-28-19)5-6-17(18)27-12-9-23-7-10-25-11-8-23/h3-6,13-15H,2,7-12H2,1H3,(H,22,24)/b21-15-. The summed E-state index contributed by atoms with van der Waals surface area (Å²) >= 11 is 1.37. The number of carbonyl (C=O) groups is 1. The van der Waals surface area contributed by atoms with Crippen LogP contribution in [0.4, 0.5) is 0 Å². The van der Waals surface area contributed by atoms with Gasteiger partial charge < -0.3 is 14.2 Å². The number of ether oxygens (including phenoxy) is 3. The second kappa shape index (κ2) is 10.8. The molecular weight excluding hydrogens is 378 g/mol. The van der Waals surface area contributed by atoms with Crippen molar-refractivity contribution in [2.24, 2.45) is 5.10 Å². The van der Waals surface area contributed by atoms with Crippen LogP contribution in [0.25, 0.3) is 0 Å². The first kappa shape index (κ1) is 20.3. The Morgan fingerprint density at radius 2 is 2.14 bits per heavy atom. The van der Waals surface area contributed by atoms with Gasteiger partial charge in [0.15, 0.2) is 11.5 Å². The maximum atomic E-state index is 11.9. The maximum absolute atomic E-state index is 11.9. The van der Waals surface area contributed by atoms with Crippen molar-refractivity contribution in [2.45, 2.75) is 6.92 Å². The summed E-state index contributed by atoms with van der Waals surface area (Å²) in [6.45, 7) is 7.34. The van der Waals surface area contributed by atoms with Crippen molar-refractivity contribution in [2.75, 3.05) is 46.1 Å². The summed E-state index contributed by atoms with van der Waals surface area (Å²) in [6, 6.07) is 9.19. The smallest absolute Gasteiger partial charge is 0.281 e. The average molecular weight is 404 g/mol. The molecule has 0 aliphatic carbocycles. The molecule has 0 atom stereocenters. The summed E-state index contributed by atoms with van der Waals surface area (Å²) in [6.07, 6.45) is 1.59. The van der Waals surface area contributed by atoms with E-state index in [1.54, 1.807) is 12.3 Å². The van der Waals surface area contributed by atoms with Crippen LogP contribution < -0.4 is 14.9 Å². The monoisotopic (exact) mass is 403 g/mol. The van der Waals surface area contributed by atoms with E-state index in [0.29, 0.717) is 29.6 Å². The molecule has 1 aliphatic heterocycles. The quantitative estimate of drug-likeness (QED) is 0.515. The summed E-state index contributed by atoms with van der Waals surface area (Å²) in [5.74, 6) is 1.15. The minimum atomic E-state index is -0.223. The molecule has 1 aromatic carbocycles. The molecule has 0 saturated carbocycles. The number of thiophene rings is 1. The molecular formula is C20H25N3O4S. The zero-order valence-corrected chi connectivity index (χ0v) is 16.7. The highest BCUT2D eigenvalue weighted by Crippen LogP contribution is 2.28. The van der Waals surface area contributed by atoms with Crippen molar-refractivity contribution in [3.63, 3.8) is 0 Å². The number of hydrazone groups is 1. The van der Waals surface area contributed by atoms with E-state index in [2.05, 4.69) is 15.4 Å². The van der Waals surface area contributed by atoms with Crippen LogP contribution in [-0.2, 0) is 4.74 Å². The molecule has 1 aromatic heterocycles. The molecule has 0 spiro atoms. The molecule has 7 nitrogen and oxygen atoms in total. The Labute approximate surface area is 168 Å². The Kier molecular flexibility index (Phi) is 7.83. The fourth-order valence-electron chi connectivity index (χ4n) is 2.73. The number of hydrogen-bond acceptors (Lipinski definition) is 7. The summed E-state index contributed by atoms with van der Waals surface area (Å²) in [4.78, 5) is 14.8. The molecule has 1 aliphatic rings. The Morgan fingerprint density at radius 3 is 2.89 bits per heavy atom. The highest BCUT2D eigenvalue weighted by atomic mass is 32.1. The Hall–Kier alpha value is -2.42. The topological polar surface area (TPSA) is 72.4 Å². The molecule has 2 aromatic rings. The number of nitrogens with one attached hydrogen (secondary N) is 1. The van der Waals surface area contributed by atoms with Crippen LogP contribution in [0.3, 0.4) is 0 Å². The van der Waals surface area contributed by atoms with Gasteiger partial charge in [0.05, 0.1) is 30.9 Å². The predicted octanol–water partition coefficient (Wildman–Crippen LogP) is 2.62. The van der Waals surface area contributed by atoms with Gasteiger partial charge in [-0.1, -0.05) is 6.07 Å².